The van der Waals surface area contributed by atoms with Crippen LogP contribution >= 0.6 is 0 Å². The van der Waals surface area contributed by atoms with Crippen molar-refractivity contribution in [3.8, 4) is 0 Å². The van der Waals surface area contributed by atoms with Gasteiger partial charge in [-0.2, -0.15) is 0 Å². The molecule has 1 aromatic carbocycles. The zero-order valence-corrected chi connectivity index (χ0v) is 11.9. The molecule has 1 aliphatic rings. The van der Waals surface area contributed by atoms with Gasteiger partial charge < -0.3 is 11.1 Å². The van der Waals surface area contributed by atoms with E-state index in [1.807, 2.05) is 19.1 Å². The van der Waals surface area contributed by atoms with E-state index in [1.54, 1.807) is 6.07 Å². The van der Waals surface area contributed by atoms with Gasteiger partial charge in [-0.3, -0.25) is 4.79 Å². The van der Waals surface area contributed by atoms with E-state index in [2.05, 4.69) is 12.2 Å². The Bertz CT molecular complexity index is 456. The van der Waals surface area contributed by atoms with Gasteiger partial charge in [-0.05, 0) is 43.4 Å². The molecule has 1 aliphatic carbocycles. The number of nitrogen functional groups attached to an aromatic ring is 1. The van der Waals surface area contributed by atoms with Crippen molar-refractivity contribution in [3.05, 3.63) is 29.3 Å². The minimum atomic E-state index is 0.00783. The Morgan fingerprint density at radius 2 is 2.21 bits per heavy atom. The van der Waals surface area contributed by atoms with E-state index >= 15 is 0 Å². The van der Waals surface area contributed by atoms with Gasteiger partial charge in [0.1, 0.15) is 0 Å². The van der Waals surface area contributed by atoms with Crippen LogP contribution in [0, 0.1) is 12.8 Å². The fourth-order valence-corrected chi connectivity index (χ4v) is 2.84. The predicted octanol–water partition coefficient (Wildman–Crippen LogP) is 3.28. The van der Waals surface area contributed by atoms with E-state index in [0.717, 1.165) is 24.3 Å². The molecule has 19 heavy (non-hydrogen) atoms. The Hall–Kier alpha value is -1.51. The van der Waals surface area contributed by atoms with E-state index in [9.17, 15) is 4.79 Å². The van der Waals surface area contributed by atoms with Crippen LogP contribution in [0.15, 0.2) is 18.2 Å². The first kappa shape index (κ1) is 13.9. The van der Waals surface area contributed by atoms with Crippen LogP contribution in [0.2, 0.25) is 0 Å². The SMILES string of the molecule is CCC1CCCC(NC(=O)c2ccc(C)c(N)c2)C1. The maximum Gasteiger partial charge on any atom is 0.251 e. The number of carbonyl (C=O) groups is 1. The van der Waals surface area contributed by atoms with E-state index in [-0.39, 0.29) is 5.91 Å². The monoisotopic (exact) mass is 260 g/mol. The zero-order chi connectivity index (χ0) is 13.8. The van der Waals surface area contributed by atoms with Gasteiger partial charge in [-0.25, -0.2) is 0 Å². The highest BCUT2D eigenvalue weighted by Crippen LogP contribution is 2.26. The number of aryl methyl sites for hydroxylation is 1. The second kappa shape index (κ2) is 6.09. The fraction of sp³-hybridized carbons (Fsp3) is 0.562. The van der Waals surface area contributed by atoms with Crippen LogP contribution in [0.1, 0.15) is 54.9 Å². The Labute approximate surface area is 115 Å². The van der Waals surface area contributed by atoms with Gasteiger partial charge in [-0.15, -0.1) is 0 Å². The highest BCUT2D eigenvalue weighted by atomic mass is 16.1. The topological polar surface area (TPSA) is 55.1 Å². The van der Waals surface area contributed by atoms with Crippen LogP contribution < -0.4 is 11.1 Å². The molecule has 2 atom stereocenters. The molecule has 104 valence electrons. The van der Waals surface area contributed by atoms with Gasteiger partial charge in [0.05, 0.1) is 0 Å². The second-order valence-corrected chi connectivity index (χ2v) is 5.68. The van der Waals surface area contributed by atoms with Gasteiger partial charge in [0.2, 0.25) is 0 Å². The van der Waals surface area contributed by atoms with E-state index in [1.165, 1.54) is 19.3 Å². The smallest absolute Gasteiger partial charge is 0.251 e. The van der Waals surface area contributed by atoms with Crippen molar-refractivity contribution in [2.45, 2.75) is 52.0 Å². The Kier molecular flexibility index (Phi) is 4.46. The van der Waals surface area contributed by atoms with E-state index in [0.29, 0.717) is 17.3 Å². The largest absolute Gasteiger partial charge is 0.398 e. The number of hydrogen-bond donors (Lipinski definition) is 2. The van der Waals surface area contributed by atoms with Gasteiger partial charge in [0, 0.05) is 17.3 Å². The van der Waals surface area contributed by atoms with Crippen molar-refractivity contribution >= 4 is 11.6 Å². The summed E-state index contributed by atoms with van der Waals surface area (Å²) in [4.78, 5) is 12.2. The third-order valence-electron chi connectivity index (χ3n) is 4.24. The standard InChI is InChI=1S/C16H24N2O/c1-3-12-5-4-6-14(9-12)18-16(19)13-8-7-11(2)15(17)10-13/h7-8,10,12,14H,3-6,9,17H2,1-2H3,(H,18,19). The van der Waals surface area contributed by atoms with Crippen molar-refractivity contribution in [2.24, 2.45) is 5.92 Å². The fourth-order valence-electron chi connectivity index (χ4n) is 2.84. The van der Waals surface area contributed by atoms with Crippen LogP contribution in [-0.2, 0) is 0 Å². The summed E-state index contributed by atoms with van der Waals surface area (Å²) in [5.41, 5.74) is 8.22. The molecule has 2 unspecified atom stereocenters. The molecule has 0 saturated heterocycles. The summed E-state index contributed by atoms with van der Waals surface area (Å²) in [7, 11) is 0. The molecule has 0 aliphatic heterocycles. The molecular formula is C16H24N2O. The maximum absolute atomic E-state index is 12.2. The first-order valence-electron chi connectivity index (χ1n) is 7.27. The minimum Gasteiger partial charge on any atom is -0.398 e. The quantitative estimate of drug-likeness (QED) is 0.819. The van der Waals surface area contributed by atoms with Crippen molar-refractivity contribution in [3.63, 3.8) is 0 Å². The Morgan fingerprint density at radius 1 is 1.42 bits per heavy atom. The number of benzene rings is 1. The van der Waals surface area contributed by atoms with Crippen LogP contribution in [0.3, 0.4) is 0 Å². The number of anilines is 1. The number of rotatable bonds is 3. The third-order valence-corrected chi connectivity index (χ3v) is 4.24. The molecule has 0 spiro atoms. The molecule has 1 fully saturated rings. The third kappa shape index (κ3) is 3.49. The van der Waals surface area contributed by atoms with E-state index in [4.69, 9.17) is 5.73 Å². The molecule has 1 aromatic rings. The summed E-state index contributed by atoms with van der Waals surface area (Å²) >= 11 is 0. The normalized spacial score (nSPS) is 23.1. The van der Waals surface area contributed by atoms with Gasteiger partial charge in [-0.1, -0.05) is 32.3 Å². The zero-order valence-electron chi connectivity index (χ0n) is 11.9. The molecule has 1 amide bonds. The molecule has 1 saturated carbocycles. The lowest BCUT2D eigenvalue weighted by atomic mass is 9.84. The van der Waals surface area contributed by atoms with Crippen molar-refractivity contribution in [1.29, 1.82) is 0 Å². The lowest BCUT2D eigenvalue weighted by Crippen LogP contribution is -2.38. The van der Waals surface area contributed by atoms with Gasteiger partial charge in [0.25, 0.3) is 5.91 Å². The average Bonchev–Trinajstić information content (AvgIpc) is 2.42. The summed E-state index contributed by atoms with van der Waals surface area (Å²) in [5.74, 6) is 0.774. The highest BCUT2D eigenvalue weighted by molar-refractivity contribution is 5.95. The molecule has 2 rings (SSSR count). The van der Waals surface area contributed by atoms with Crippen molar-refractivity contribution in [2.75, 3.05) is 5.73 Å². The molecular weight excluding hydrogens is 236 g/mol. The van der Waals surface area contributed by atoms with Crippen LogP contribution in [0.25, 0.3) is 0 Å². The predicted molar refractivity (Wildman–Crippen MR) is 79.1 cm³/mol. The maximum atomic E-state index is 12.2. The lowest BCUT2D eigenvalue weighted by molar-refractivity contribution is 0.0919. The lowest BCUT2D eigenvalue weighted by Gasteiger charge is -2.29. The second-order valence-electron chi connectivity index (χ2n) is 5.68. The summed E-state index contributed by atoms with van der Waals surface area (Å²) in [5, 5.41) is 3.15. The first-order valence-corrected chi connectivity index (χ1v) is 7.27. The number of nitrogens with two attached hydrogens (primary N) is 1. The number of nitrogens with one attached hydrogen (secondary N) is 1. The molecule has 0 heterocycles. The van der Waals surface area contributed by atoms with Gasteiger partial charge >= 0.3 is 0 Å². The van der Waals surface area contributed by atoms with Gasteiger partial charge in [0.15, 0.2) is 0 Å². The minimum absolute atomic E-state index is 0.00783. The average molecular weight is 260 g/mol. The van der Waals surface area contributed by atoms with Crippen LogP contribution in [-0.4, -0.2) is 11.9 Å². The summed E-state index contributed by atoms with van der Waals surface area (Å²) < 4.78 is 0. The van der Waals surface area contributed by atoms with Crippen molar-refractivity contribution < 1.29 is 4.79 Å². The molecule has 3 N–H and O–H groups in total. The summed E-state index contributed by atoms with van der Waals surface area (Å²) in [6.07, 6.45) is 5.96. The highest BCUT2D eigenvalue weighted by Gasteiger charge is 2.22. The first-order chi connectivity index (χ1) is 9.10. The summed E-state index contributed by atoms with van der Waals surface area (Å²) in [6, 6.07) is 5.85. The Balaban J connectivity index is 1.98. The molecule has 3 nitrogen and oxygen atoms in total. The van der Waals surface area contributed by atoms with Crippen molar-refractivity contribution in [1.82, 2.24) is 5.32 Å². The molecule has 0 aromatic heterocycles. The number of amides is 1. The summed E-state index contributed by atoms with van der Waals surface area (Å²) in [6.45, 7) is 4.18. The van der Waals surface area contributed by atoms with E-state index < -0.39 is 0 Å². The number of hydrogen-bond acceptors (Lipinski definition) is 2. The number of carbonyl (C=O) groups excluding carboxylic acids is 1. The molecule has 0 bridgehead atoms. The Morgan fingerprint density at radius 3 is 2.89 bits per heavy atom. The van der Waals surface area contributed by atoms with Crippen LogP contribution in [0.4, 0.5) is 5.69 Å². The van der Waals surface area contributed by atoms with Crippen LogP contribution in [0.5, 0.6) is 0 Å². The molecule has 3 heteroatoms. The molecule has 0 radical (unpaired) electrons.